The maximum absolute atomic E-state index is 16.7. The SMILES string of the molecule is Fc1c(F)c(F)c(-c2cc(-n3c4ccccc4c4ccc(-n5c6ccccc6c6ccccc65)cc43)c(C(F)(F)F)cc2-n2c3ccccc3c3ccc(-n4c5ccccc5c5ccccc54)cc32)c(F)c1F. The van der Waals surface area contributed by atoms with Gasteiger partial charge < -0.3 is 18.3 Å². The Morgan fingerprint density at radius 1 is 0.274 bits per heavy atom. The van der Waals surface area contributed by atoms with Crippen LogP contribution in [0.3, 0.4) is 0 Å². The van der Waals surface area contributed by atoms with Crippen LogP contribution in [0, 0.1) is 29.1 Å². The maximum atomic E-state index is 16.7. The van der Waals surface area contributed by atoms with Gasteiger partial charge in [-0.3, -0.25) is 0 Å². The molecule has 0 aliphatic rings. The van der Waals surface area contributed by atoms with E-state index in [1.165, 1.54) is 9.13 Å². The maximum Gasteiger partial charge on any atom is 0.418 e. The Morgan fingerprint density at radius 2 is 0.575 bits per heavy atom. The Kier molecular flexibility index (Phi) is 9.02. The van der Waals surface area contributed by atoms with Crippen molar-refractivity contribution in [3.8, 4) is 33.9 Å². The molecule has 0 fully saturated rings. The van der Waals surface area contributed by atoms with Crippen molar-refractivity contribution < 1.29 is 35.1 Å². The van der Waals surface area contributed by atoms with E-state index in [2.05, 4.69) is 0 Å². The third-order valence-electron chi connectivity index (χ3n) is 14.4. The number of aromatic nitrogens is 4. The van der Waals surface area contributed by atoms with Crippen LogP contribution < -0.4 is 0 Å². The highest BCUT2D eigenvalue weighted by Gasteiger charge is 2.38. The van der Waals surface area contributed by atoms with Gasteiger partial charge in [-0.1, -0.05) is 121 Å². The number of nitrogens with zero attached hydrogens (tertiary/aromatic N) is 4. The number of alkyl halides is 3. The van der Waals surface area contributed by atoms with Crippen molar-refractivity contribution in [2.24, 2.45) is 0 Å². The fourth-order valence-electron chi connectivity index (χ4n) is 11.3. The zero-order chi connectivity index (χ0) is 49.6. The van der Waals surface area contributed by atoms with Gasteiger partial charge in [0, 0.05) is 60.0 Å². The molecular formula is C61H32F8N4. The highest BCUT2D eigenvalue weighted by atomic mass is 19.4. The summed E-state index contributed by atoms with van der Waals surface area (Å²) in [6.07, 6.45) is -5.16. The number of rotatable bonds is 5. The summed E-state index contributed by atoms with van der Waals surface area (Å²) in [6, 6.07) is 57.2. The lowest BCUT2D eigenvalue weighted by Crippen LogP contribution is -2.14. The van der Waals surface area contributed by atoms with Crippen LogP contribution in [0.4, 0.5) is 35.1 Å². The van der Waals surface area contributed by atoms with Crippen molar-refractivity contribution in [2.75, 3.05) is 0 Å². The first-order valence-electron chi connectivity index (χ1n) is 23.3. The number of fused-ring (bicyclic) bond motifs is 12. The van der Waals surface area contributed by atoms with Gasteiger partial charge in [0.1, 0.15) is 0 Å². The Morgan fingerprint density at radius 3 is 0.932 bits per heavy atom. The predicted octanol–water partition coefficient (Wildman–Crippen LogP) is 17.5. The van der Waals surface area contributed by atoms with Gasteiger partial charge in [-0.2, -0.15) is 13.2 Å². The van der Waals surface area contributed by atoms with Gasteiger partial charge in [-0.25, -0.2) is 22.0 Å². The van der Waals surface area contributed by atoms with Gasteiger partial charge in [-0.15, -0.1) is 0 Å². The van der Waals surface area contributed by atoms with Crippen LogP contribution in [0.15, 0.2) is 194 Å². The number of para-hydroxylation sites is 6. The summed E-state index contributed by atoms with van der Waals surface area (Å²) < 4.78 is 136. The summed E-state index contributed by atoms with van der Waals surface area (Å²) in [5, 5.41) is 6.03. The molecule has 0 saturated heterocycles. The zero-order valence-electron chi connectivity index (χ0n) is 37.8. The molecule has 0 radical (unpaired) electrons. The van der Waals surface area contributed by atoms with E-state index in [9.17, 15) is 4.39 Å². The molecule has 0 amide bonds. The molecule has 73 heavy (non-hydrogen) atoms. The molecule has 0 atom stereocenters. The topological polar surface area (TPSA) is 19.7 Å². The molecule has 0 N–H and O–H groups in total. The lowest BCUT2D eigenvalue weighted by molar-refractivity contribution is -0.137. The van der Waals surface area contributed by atoms with Gasteiger partial charge in [-0.05, 0) is 72.8 Å². The third kappa shape index (κ3) is 6.00. The molecule has 14 rings (SSSR count). The Balaban J connectivity index is 1.12. The number of hydrogen-bond donors (Lipinski definition) is 0. The van der Waals surface area contributed by atoms with E-state index in [-0.39, 0.29) is 5.52 Å². The molecule has 0 bridgehead atoms. The predicted molar refractivity (Wildman–Crippen MR) is 274 cm³/mol. The van der Waals surface area contributed by atoms with E-state index < -0.39 is 63.3 Å². The molecule has 0 spiro atoms. The Bertz CT molecular complexity index is 4550. The fourth-order valence-corrected chi connectivity index (χ4v) is 11.3. The zero-order valence-corrected chi connectivity index (χ0v) is 37.8. The molecule has 0 aliphatic heterocycles. The molecule has 352 valence electrons. The van der Waals surface area contributed by atoms with E-state index in [1.54, 1.807) is 60.7 Å². The van der Waals surface area contributed by atoms with Crippen molar-refractivity contribution in [2.45, 2.75) is 6.18 Å². The molecule has 0 aliphatic carbocycles. The summed E-state index contributed by atoms with van der Waals surface area (Å²) in [5.41, 5.74) is 1.38. The first-order chi connectivity index (χ1) is 35.5. The van der Waals surface area contributed by atoms with Crippen LogP contribution in [0.25, 0.3) is 121 Å². The van der Waals surface area contributed by atoms with Gasteiger partial charge in [0.15, 0.2) is 23.3 Å². The Hall–Kier alpha value is -9.16. The molecule has 0 saturated carbocycles. The van der Waals surface area contributed by atoms with Gasteiger partial charge >= 0.3 is 6.18 Å². The number of halogens is 8. The molecule has 4 aromatic heterocycles. The van der Waals surface area contributed by atoms with Crippen molar-refractivity contribution in [3.05, 3.63) is 229 Å². The van der Waals surface area contributed by atoms with Crippen LogP contribution in [0.1, 0.15) is 5.56 Å². The summed E-state index contributed by atoms with van der Waals surface area (Å²) in [6.45, 7) is 0. The quantitative estimate of drug-likeness (QED) is 0.0930. The molecule has 10 aromatic carbocycles. The molecule has 12 heteroatoms. The first-order valence-corrected chi connectivity index (χ1v) is 23.3. The van der Waals surface area contributed by atoms with Crippen molar-refractivity contribution >= 4 is 87.2 Å². The standard InChI is InChI=1S/C61H32F8N4/c62-56-55(57(63)59(65)60(66)58(56)64)43-31-54(73-50-24-12-6-18-40(50)42-28-26-34(30-52(42)73)71-47-21-9-3-15-37(47)38-16-4-10-22-48(38)71)44(61(67,68)69)32-53(43)72-49-23-11-5-17-39(49)41-27-25-33(29-51(41)72)70-45-19-7-1-13-35(45)36-14-2-8-20-46(36)70/h1-32H. The summed E-state index contributed by atoms with van der Waals surface area (Å²) in [5.74, 6) is -11.3. The summed E-state index contributed by atoms with van der Waals surface area (Å²) in [4.78, 5) is 0. The first kappa shape index (κ1) is 42.7. The highest BCUT2D eigenvalue weighted by Crippen LogP contribution is 2.47. The Labute approximate surface area is 408 Å². The monoisotopic (exact) mass is 972 g/mol. The third-order valence-corrected chi connectivity index (χ3v) is 14.4. The largest absolute Gasteiger partial charge is 0.418 e. The number of hydrogen-bond acceptors (Lipinski definition) is 0. The summed E-state index contributed by atoms with van der Waals surface area (Å²) >= 11 is 0. The lowest BCUT2D eigenvalue weighted by Gasteiger charge is -2.23. The van der Waals surface area contributed by atoms with E-state index in [1.807, 2.05) is 130 Å². The van der Waals surface area contributed by atoms with Crippen LogP contribution in [0.2, 0.25) is 0 Å². The van der Waals surface area contributed by atoms with E-state index in [0.29, 0.717) is 49.5 Å². The second-order valence-electron chi connectivity index (χ2n) is 18.2. The molecule has 4 heterocycles. The van der Waals surface area contributed by atoms with Crippen molar-refractivity contribution in [3.63, 3.8) is 0 Å². The minimum Gasteiger partial charge on any atom is -0.309 e. The average Bonchev–Trinajstić information content (AvgIpc) is 4.14. The summed E-state index contributed by atoms with van der Waals surface area (Å²) in [7, 11) is 0. The van der Waals surface area contributed by atoms with Crippen molar-refractivity contribution in [1.82, 2.24) is 18.3 Å². The molecule has 14 aromatic rings. The smallest absolute Gasteiger partial charge is 0.309 e. The lowest BCUT2D eigenvalue weighted by atomic mass is 9.97. The van der Waals surface area contributed by atoms with E-state index in [0.717, 1.165) is 55.7 Å². The van der Waals surface area contributed by atoms with E-state index >= 15 is 30.7 Å². The van der Waals surface area contributed by atoms with Gasteiger partial charge in [0.05, 0.1) is 66.6 Å². The van der Waals surface area contributed by atoms with Crippen LogP contribution in [0.5, 0.6) is 0 Å². The number of benzene rings is 10. The van der Waals surface area contributed by atoms with Crippen LogP contribution in [-0.4, -0.2) is 18.3 Å². The second kappa shape index (κ2) is 15.4. The van der Waals surface area contributed by atoms with Gasteiger partial charge in [0.25, 0.3) is 0 Å². The second-order valence-corrected chi connectivity index (χ2v) is 18.2. The van der Waals surface area contributed by atoms with E-state index in [4.69, 9.17) is 0 Å². The molecule has 4 nitrogen and oxygen atoms in total. The molecule has 0 unspecified atom stereocenters. The van der Waals surface area contributed by atoms with Crippen LogP contribution >= 0.6 is 0 Å². The minimum absolute atomic E-state index is 0.287. The van der Waals surface area contributed by atoms with Gasteiger partial charge in [0.2, 0.25) is 5.82 Å². The van der Waals surface area contributed by atoms with Crippen LogP contribution in [-0.2, 0) is 6.18 Å². The fraction of sp³-hybridized carbons (Fsp3) is 0.0164. The highest BCUT2D eigenvalue weighted by molar-refractivity contribution is 6.14. The minimum atomic E-state index is -5.16. The normalized spacial score (nSPS) is 12.4. The van der Waals surface area contributed by atoms with Crippen molar-refractivity contribution in [1.29, 1.82) is 0 Å². The average molecular weight is 973 g/mol. The molecular weight excluding hydrogens is 941 g/mol.